The Morgan fingerprint density at radius 2 is 1.62 bits per heavy atom. The van der Waals surface area contributed by atoms with Crippen LogP contribution in [0.2, 0.25) is 0 Å². The van der Waals surface area contributed by atoms with Crippen LogP contribution in [0, 0.1) is 13.0 Å². The van der Waals surface area contributed by atoms with Crippen LogP contribution >= 0.6 is 0 Å². The molecule has 4 heteroatoms. The van der Waals surface area contributed by atoms with E-state index < -0.39 is 0 Å². The molecule has 0 bridgehead atoms. The number of aliphatic imine (C=N–C) groups is 1. The van der Waals surface area contributed by atoms with Crippen molar-refractivity contribution in [1.29, 1.82) is 0 Å². The Morgan fingerprint density at radius 3 is 2.27 bits per heavy atom. The SMILES string of the molecule is CC1=C2C(=Nc3ccccc32)c2cc(C)c[c-]c21.[Cl-].[Cl-].[Zr+4].c1cc[cH-]c1. The molecule has 0 unspecified atom stereocenters. The molecule has 0 fully saturated rings. The van der Waals surface area contributed by atoms with E-state index in [4.69, 9.17) is 4.99 Å². The van der Waals surface area contributed by atoms with Crippen LogP contribution in [-0.4, -0.2) is 5.71 Å². The fourth-order valence-electron chi connectivity index (χ4n) is 3.21. The number of aryl methyl sites for hydroxylation is 1. The molecule has 2 aliphatic rings. The van der Waals surface area contributed by atoms with Gasteiger partial charge in [-0.2, -0.15) is 18.2 Å². The van der Waals surface area contributed by atoms with E-state index in [0.717, 1.165) is 11.4 Å². The Morgan fingerprint density at radius 1 is 0.923 bits per heavy atom. The normalized spacial score (nSPS) is 12.2. The molecule has 0 saturated carbocycles. The van der Waals surface area contributed by atoms with Crippen LogP contribution in [0.4, 0.5) is 5.69 Å². The minimum atomic E-state index is 0. The zero-order chi connectivity index (χ0) is 15.8. The Hall–Kier alpha value is -1.34. The van der Waals surface area contributed by atoms with E-state index in [2.05, 4.69) is 50.2 Å². The Kier molecular flexibility index (Phi) is 8.34. The van der Waals surface area contributed by atoms with E-state index in [1.54, 1.807) is 0 Å². The monoisotopic (exact) mass is 455 g/mol. The third-order valence-electron chi connectivity index (χ3n) is 4.29. The molecule has 0 N–H and O–H groups in total. The Labute approximate surface area is 186 Å². The van der Waals surface area contributed by atoms with E-state index in [9.17, 15) is 0 Å². The van der Waals surface area contributed by atoms with Crippen molar-refractivity contribution in [2.24, 2.45) is 4.99 Å². The van der Waals surface area contributed by atoms with Crippen molar-refractivity contribution in [3.05, 3.63) is 95.1 Å². The van der Waals surface area contributed by atoms with Gasteiger partial charge < -0.3 is 24.8 Å². The van der Waals surface area contributed by atoms with E-state index >= 15 is 0 Å². The molecule has 0 aromatic heterocycles. The van der Waals surface area contributed by atoms with Crippen LogP contribution in [0.25, 0.3) is 11.1 Å². The van der Waals surface area contributed by atoms with Gasteiger partial charge in [-0.3, -0.25) is 4.99 Å². The third kappa shape index (κ3) is 3.98. The molecule has 0 amide bonds. The maximum Gasteiger partial charge on any atom is 4.00 e. The van der Waals surface area contributed by atoms with Gasteiger partial charge in [-0.05, 0) is 17.2 Å². The van der Waals surface area contributed by atoms with Gasteiger partial charge in [-0.15, -0.1) is 34.9 Å². The zero-order valence-electron chi connectivity index (χ0n) is 14.6. The molecule has 0 saturated heterocycles. The number of benzene rings is 2. The molecule has 128 valence electrons. The van der Waals surface area contributed by atoms with Gasteiger partial charge in [0, 0.05) is 5.71 Å². The minimum absolute atomic E-state index is 0. The van der Waals surface area contributed by atoms with Gasteiger partial charge in [0.1, 0.15) is 0 Å². The summed E-state index contributed by atoms with van der Waals surface area (Å²) in [5.74, 6) is 0. The van der Waals surface area contributed by atoms with Gasteiger partial charge in [-0.25, -0.2) is 12.1 Å². The van der Waals surface area contributed by atoms with E-state index in [1.807, 2.05) is 36.4 Å². The maximum absolute atomic E-state index is 4.79. The van der Waals surface area contributed by atoms with Crippen molar-refractivity contribution in [2.45, 2.75) is 13.8 Å². The average molecular weight is 458 g/mol. The number of nitrogens with zero attached hydrogens (tertiary/aromatic N) is 1. The van der Waals surface area contributed by atoms with Crippen molar-refractivity contribution in [3.63, 3.8) is 0 Å². The van der Waals surface area contributed by atoms with Crippen LogP contribution in [0.5, 0.6) is 0 Å². The van der Waals surface area contributed by atoms with Gasteiger partial charge in [0.25, 0.3) is 0 Å². The summed E-state index contributed by atoms with van der Waals surface area (Å²) in [5, 5.41) is 0. The fourth-order valence-corrected chi connectivity index (χ4v) is 3.21. The first-order valence-electron chi connectivity index (χ1n) is 7.85. The molecule has 0 atom stereocenters. The predicted octanol–water partition coefficient (Wildman–Crippen LogP) is -0.415. The molecule has 1 nitrogen and oxygen atoms in total. The first-order valence-corrected chi connectivity index (χ1v) is 7.85. The van der Waals surface area contributed by atoms with E-state index in [0.29, 0.717) is 0 Å². The minimum Gasteiger partial charge on any atom is -1.00 e. The second-order valence-electron chi connectivity index (χ2n) is 5.91. The Bertz CT molecular complexity index is 923. The number of hydrogen-bond acceptors (Lipinski definition) is 1. The topological polar surface area (TPSA) is 12.4 Å². The summed E-state index contributed by atoms with van der Waals surface area (Å²) in [7, 11) is 0. The second-order valence-corrected chi connectivity index (χ2v) is 5.91. The second kappa shape index (κ2) is 9.56. The van der Waals surface area contributed by atoms with Crippen LogP contribution in [0.3, 0.4) is 0 Å². The first kappa shape index (κ1) is 22.7. The molecule has 3 aromatic rings. The van der Waals surface area contributed by atoms with Crippen molar-refractivity contribution in [3.8, 4) is 0 Å². The van der Waals surface area contributed by atoms with Gasteiger partial charge in [-0.1, -0.05) is 37.6 Å². The van der Waals surface area contributed by atoms with Crippen molar-refractivity contribution in [1.82, 2.24) is 0 Å². The number of para-hydroxylation sites is 1. The van der Waals surface area contributed by atoms with Crippen molar-refractivity contribution < 1.29 is 51.0 Å². The Balaban J connectivity index is 0.000000372. The van der Waals surface area contributed by atoms with Gasteiger partial charge >= 0.3 is 26.2 Å². The number of hydrogen-bond donors (Lipinski definition) is 0. The summed E-state index contributed by atoms with van der Waals surface area (Å²) in [6, 6.07) is 26.0. The summed E-state index contributed by atoms with van der Waals surface area (Å²) in [6.07, 6.45) is 0. The zero-order valence-corrected chi connectivity index (χ0v) is 18.5. The predicted molar refractivity (Wildman–Crippen MR) is 97.2 cm³/mol. The summed E-state index contributed by atoms with van der Waals surface area (Å²) >= 11 is 0. The molecular formula is C22H17Cl2NZr. The van der Waals surface area contributed by atoms with Crippen molar-refractivity contribution in [2.75, 3.05) is 0 Å². The van der Waals surface area contributed by atoms with Gasteiger partial charge in [0.15, 0.2) is 0 Å². The van der Waals surface area contributed by atoms with Crippen LogP contribution in [0.15, 0.2) is 71.7 Å². The number of rotatable bonds is 0. The molecule has 3 aromatic carbocycles. The van der Waals surface area contributed by atoms with Gasteiger partial charge in [0.05, 0.1) is 5.69 Å². The van der Waals surface area contributed by atoms with E-state index in [1.165, 1.54) is 33.4 Å². The van der Waals surface area contributed by atoms with Crippen LogP contribution < -0.4 is 24.8 Å². The third-order valence-corrected chi connectivity index (χ3v) is 4.29. The maximum atomic E-state index is 4.79. The molecule has 1 heterocycles. The van der Waals surface area contributed by atoms with Crippen molar-refractivity contribution >= 4 is 22.5 Å². The van der Waals surface area contributed by atoms with Crippen LogP contribution in [0.1, 0.15) is 29.2 Å². The molecular weight excluding hydrogens is 440 g/mol. The smallest absolute Gasteiger partial charge is 1.00 e. The molecule has 1 aliphatic heterocycles. The van der Waals surface area contributed by atoms with Crippen LogP contribution in [-0.2, 0) is 26.2 Å². The molecule has 1 aliphatic carbocycles. The summed E-state index contributed by atoms with van der Waals surface area (Å²) < 4.78 is 0. The summed E-state index contributed by atoms with van der Waals surface area (Å²) in [6.45, 7) is 4.28. The standard InChI is InChI=1S/C17H12N.C5H5.2ClH.Zr/c1-10-7-8-12-11(2)16-13-5-3-4-6-15(13)18-17(16)14(12)9-10;1-2-4-5-3-1;;;/h3-7,9H,1-2H3;1-5H;2*1H;/q2*-1;;;+4/p-2. The summed E-state index contributed by atoms with van der Waals surface area (Å²) in [5.41, 5.74) is 9.75. The summed E-state index contributed by atoms with van der Waals surface area (Å²) in [4.78, 5) is 4.79. The average Bonchev–Trinajstić information content (AvgIpc) is 3.28. The molecule has 26 heavy (non-hydrogen) atoms. The fraction of sp³-hybridized carbons (Fsp3) is 0.0909. The quantitative estimate of drug-likeness (QED) is 0.407. The molecule has 0 spiro atoms. The van der Waals surface area contributed by atoms with E-state index in [-0.39, 0.29) is 51.0 Å². The first-order chi connectivity index (χ1) is 11.3. The molecule has 0 radical (unpaired) electrons. The largest absolute Gasteiger partial charge is 4.00 e. The number of fused-ring (bicyclic) bond motifs is 5. The molecule has 5 rings (SSSR count). The number of allylic oxidation sites excluding steroid dienone is 2. The van der Waals surface area contributed by atoms with Gasteiger partial charge in [0.2, 0.25) is 0 Å². The number of halogens is 2.